The number of ether oxygens (including phenoxy) is 6. The molecule has 0 aliphatic rings. The monoisotopic (exact) mass is 450 g/mol. The molecule has 2 N–H and O–H groups in total. The number of benzene rings is 2. The summed E-state index contributed by atoms with van der Waals surface area (Å²) in [6, 6.07) is 9.13. The lowest BCUT2D eigenvalue weighted by atomic mass is 10.1. The molecule has 0 fully saturated rings. The van der Waals surface area contributed by atoms with Crippen molar-refractivity contribution in [2.24, 2.45) is 0 Å². The van der Waals surface area contributed by atoms with Crippen molar-refractivity contribution in [1.82, 2.24) is 0 Å². The van der Waals surface area contributed by atoms with Gasteiger partial charge in [0.25, 0.3) is 0 Å². The van der Waals surface area contributed by atoms with Crippen LogP contribution in [0.1, 0.15) is 11.1 Å². The lowest BCUT2D eigenvalue weighted by molar-refractivity contribution is -0.182. The molecule has 2 atom stereocenters. The van der Waals surface area contributed by atoms with Crippen molar-refractivity contribution in [2.45, 2.75) is 25.4 Å². The quantitative estimate of drug-likeness (QED) is 0.490. The van der Waals surface area contributed by atoms with Gasteiger partial charge in [0, 0.05) is 0 Å². The molecule has 0 radical (unpaired) electrons. The second-order valence-electron chi connectivity index (χ2n) is 6.52. The second-order valence-corrected chi connectivity index (χ2v) is 6.52. The van der Waals surface area contributed by atoms with Gasteiger partial charge in [-0.1, -0.05) is 12.1 Å². The van der Waals surface area contributed by atoms with Crippen molar-refractivity contribution >= 4 is 11.9 Å². The van der Waals surface area contributed by atoms with Crippen LogP contribution >= 0.6 is 0 Å². The first-order valence-electron chi connectivity index (χ1n) is 9.45. The fourth-order valence-corrected chi connectivity index (χ4v) is 2.81. The van der Waals surface area contributed by atoms with Crippen LogP contribution in [0.5, 0.6) is 23.0 Å². The number of methoxy groups -OCH3 is 4. The molecule has 0 aliphatic carbocycles. The highest BCUT2D eigenvalue weighted by Gasteiger charge is 2.38. The molecule has 10 nitrogen and oxygen atoms in total. The van der Waals surface area contributed by atoms with Crippen molar-refractivity contribution in [3.8, 4) is 23.0 Å². The topological polar surface area (TPSA) is 130 Å². The normalized spacial score (nSPS) is 12.5. The fraction of sp³-hybridized carbons (Fsp3) is 0.364. The second kappa shape index (κ2) is 11.8. The Morgan fingerprint density at radius 1 is 0.719 bits per heavy atom. The minimum Gasteiger partial charge on any atom is -0.504 e. The van der Waals surface area contributed by atoms with Gasteiger partial charge in [0.15, 0.2) is 35.2 Å². The number of hydrogen-bond donors (Lipinski definition) is 2. The van der Waals surface area contributed by atoms with E-state index in [9.17, 15) is 19.8 Å². The highest BCUT2D eigenvalue weighted by molar-refractivity contribution is 5.85. The summed E-state index contributed by atoms with van der Waals surface area (Å²) < 4.78 is 30.7. The third-order valence-electron chi connectivity index (χ3n) is 4.49. The minimum atomic E-state index is -1.46. The molecule has 0 spiro atoms. The highest BCUT2D eigenvalue weighted by Crippen LogP contribution is 2.28. The summed E-state index contributed by atoms with van der Waals surface area (Å²) in [5.74, 6) is -1.37. The number of phenols is 2. The zero-order valence-electron chi connectivity index (χ0n) is 18.2. The zero-order chi connectivity index (χ0) is 23.7. The van der Waals surface area contributed by atoms with Gasteiger partial charge in [0.05, 0.1) is 41.7 Å². The lowest BCUT2D eigenvalue weighted by Gasteiger charge is -2.24. The summed E-state index contributed by atoms with van der Waals surface area (Å²) in [6.07, 6.45) is -2.91. The molecule has 0 aromatic heterocycles. The van der Waals surface area contributed by atoms with Crippen LogP contribution in [0, 0.1) is 0 Å². The van der Waals surface area contributed by atoms with E-state index in [-0.39, 0.29) is 36.2 Å². The smallest absolute Gasteiger partial charge is 0.338 e. The van der Waals surface area contributed by atoms with Gasteiger partial charge in [-0.25, -0.2) is 9.59 Å². The van der Waals surface area contributed by atoms with E-state index in [1.54, 1.807) is 12.1 Å². The summed E-state index contributed by atoms with van der Waals surface area (Å²) in [5, 5.41) is 19.8. The third-order valence-corrected chi connectivity index (χ3v) is 4.49. The maximum atomic E-state index is 12.4. The van der Waals surface area contributed by atoms with Crippen LogP contribution in [0.3, 0.4) is 0 Å². The molecule has 0 unspecified atom stereocenters. The standard InChI is InChI=1S/C22H26O10/c1-27-17-7-5-13(9-15(17)23)11-31-19(21(25)29-3)20(22(26)30-4)32-12-14-6-8-18(28-2)16(24)10-14/h5-10,19-20,23-24H,11-12H2,1-4H3/t19-,20-/m1/s1. The molecule has 32 heavy (non-hydrogen) atoms. The molecule has 0 amide bonds. The van der Waals surface area contributed by atoms with Gasteiger partial charge in [-0.3, -0.25) is 0 Å². The lowest BCUT2D eigenvalue weighted by Crippen LogP contribution is -2.44. The van der Waals surface area contributed by atoms with Crippen LogP contribution in [0.4, 0.5) is 0 Å². The average molecular weight is 450 g/mol. The van der Waals surface area contributed by atoms with Crippen molar-refractivity contribution in [3.05, 3.63) is 47.5 Å². The number of hydrogen-bond acceptors (Lipinski definition) is 10. The first-order chi connectivity index (χ1) is 15.3. The maximum absolute atomic E-state index is 12.4. The number of carbonyl (C=O) groups excluding carboxylic acids is 2. The Labute approximate surface area is 185 Å². The minimum absolute atomic E-state index is 0.108. The molecule has 174 valence electrons. The van der Waals surface area contributed by atoms with Crippen LogP contribution in [0.2, 0.25) is 0 Å². The summed E-state index contributed by atoms with van der Waals surface area (Å²) in [5.41, 5.74) is 1.03. The van der Waals surface area contributed by atoms with Crippen LogP contribution < -0.4 is 9.47 Å². The predicted octanol–water partition coefficient (Wildman–Crippen LogP) is 1.93. The molecule has 0 saturated heterocycles. The summed E-state index contributed by atoms with van der Waals surface area (Å²) in [4.78, 5) is 24.7. The summed E-state index contributed by atoms with van der Waals surface area (Å²) in [7, 11) is 5.13. The van der Waals surface area contributed by atoms with Gasteiger partial charge in [0.1, 0.15) is 0 Å². The number of esters is 2. The molecule has 2 aromatic carbocycles. The van der Waals surface area contributed by atoms with E-state index >= 15 is 0 Å². The van der Waals surface area contributed by atoms with Crippen molar-refractivity contribution < 1.29 is 48.2 Å². The van der Waals surface area contributed by atoms with Gasteiger partial charge in [-0.15, -0.1) is 0 Å². The van der Waals surface area contributed by atoms with Crippen LogP contribution in [0.15, 0.2) is 36.4 Å². The first kappa shape index (κ1) is 24.8. The Morgan fingerprint density at radius 2 is 1.09 bits per heavy atom. The molecule has 2 aromatic rings. The SMILES string of the molecule is COC(=O)[C@H](OCc1ccc(OC)c(O)c1)[C@@H](OCc1ccc(OC)c(O)c1)C(=O)OC. The molecular formula is C22H26O10. The number of phenolic OH excluding ortho intramolecular Hbond substituents is 2. The Kier molecular flexibility index (Phi) is 9.11. The molecule has 2 rings (SSSR count). The van der Waals surface area contributed by atoms with Crippen LogP contribution in [-0.4, -0.2) is 62.8 Å². The Hall–Kier alpha value is -3.50. The largest absolute Gasteiger partial charge is 0.504 e. The van der Waals surface area contributed by atoms with Gasteiger partial charge < -0.3 is 38.6 Å². The van der Waals surface area contributed by atoms with Gasteiger partial charge >= 0.3 is 11.9 Å². The number of aromatic hydroxyl groups is 2. The number of carbonyl (C=O) groups is 2. The van der Waals surface area contributed by atoms with E-state index in [0.717, 1.165) is 14.2 Å². The van der Waals surface area contributed by atoms with Crippen LogP contribution in [0.25, 0.3) is 0 Å². The van der Waals surface area contributed by atoms with E-state index < -0.39 is 24.1 Å². The number of rotatable bonds is 11. The zero-order valence-corrected chi connectivity index (χ0v) is 18.2. The Balaban J connectivity index is 2.18. The summed E-state index contributed by atoms with van der Waals surface area (Å²) in [6.45, 7) is -0.283. The third kappa shape index (κ3) is 6.25. The molecular weight excluding hydrogens is 424 g/mol. The molecule has 10 heteroatoms. The van der Waals surface area contributed by atoms with Gasteiger partial charge in [-0.05, 0) is 35.4 Å². The van der Waals surface area contributed by atoms with Crippen molar-refractivity contribution in [2.75, 3.05) is 28.4 Å². The first-order valence-corrected chi connectivity index (χ1v) is 9.45. The van der Waals surface area contributed by atoms with E-state index in [1.165, 1.54) is 38.5 Å². The Morgan fingerprint density at radius 3 is 1.38 bits per heavy atom. The molecule has 0 aliphatic heterocycles. The van der Waals surface area contributed by atoms with Gasteiger partial charge in [0.2, 0.25) is 0 Å². The summed E-state index contributed by atoms with van der Waals surface area (Å²) >= 11 is 0. The van der Waals surface area contributed by atoms with E-state index in [2.05, 4.69) is 0 Å². The predicted molar refractivity (Wildman–Crippen MR) is 111 cm³/mol. The van der Waals surface area contributed by atoms with Gasteiger partial charge in [-0.2, -0.15) is 0 Å². The van der Waals surface area contributed by atoms with E-state index in [1.807, 2.05) is 0 Å². The fourth-order valence-electron chi connectivity index (χ4n) is 2.81. The maximum Gasteiger partial charge on any atom is 0.338 e. The van der Waals surface area contributed by atoms with Crippen molar-refractivity contribution in [3.63, 3.8) is 0 Å². The van der Waals surface area contributed by atoms with Crippen LogP contribution in [-0.2, 0) is 41.8 Å². The van der Waals surface area contributed by atoms with E-state index in [4.69, 9.17) is 28.4 Å². The molecule has 0 saturated carbocycles. The average Bonchev–Trinajstić information content (AvgIpc) is 2.80. The highest BCUT2D eigenvalue weighted by atomic mass is 16.6. The Bertz CT molecular complexity index is 851. The molecule has 0 heterocycles. The molecule has 0 bridgehead atoms. The van der Waals surface area contributed by atoms with E-state index in [0.29, 0.717) is 11.1 Å². The van der Waals surface area contributed by atoms with Crippen molar-refractivity contribution in [1.29, 1.82) is 0 Å².